The molecule has 15 heavy (non-hydrogen) atoms. The van der Waals surface area contributed by atoms with E-state index in [1.165, 1.54) is 22.3 Å². The number of rotatable bonds is 1. The van der Waals surface area contributed by atoms with Crippen LogP contribution in [0.4, 0.5) is 0 Å². The second-order valence-electron chi connectivity index (χ2n) is 4.58. The van der Waals surface area contributed by atoms with Gasteiger partial charge in [0.25, 0.3) is 0 Å². The Balaban J connectivity index is 2.33. The van der Waals surface area contributed by atoms with E-state index in [1.54, 1.807) is 0 Å². The lowest BCUT2D eigenvalue weighted by molar-refractivity contribution is 0.614. The summed E-state index contributed by atoms with van der Waals surface area (Å²) in [6.45, 7) is 4.34. The van der Waals surface area contributed by atoms with Gasteiger partial charge in [-0.05, 0) is 49.8 Å². The molecule has 1 aromatic carbocycles. The maximum Gasteiger partial charge on any atom is 0.00767 e. The highest BCUT2D eigenvalue weighted by molar-refractivity contribution is 5.69. The first-order valence-electron chi connectivity index (χ1n) is 5.69. The molecule has 1 atom stereocenters. The Labute approximate surface area is 92.0 Å². The van der Waals surface area contributed by atoms with E-state index in [2.05, 4.69) is 38.1 Å². The van der Waals surface area contributed by atoms with E-state index < -0.39 is 0 Å². The fourth-order valence-electron chi connectivity index (χ4n) is 2.18. The van der Waals surface area contributed by atoms with Crippen molar-refractivity contribution >= 4 is 5.57 Å². The molecule has 0 fully saturated rings. The lowest BCUT2D eigenvalue weighted by Crippen LogP contribution is -2.21. The number of hydrogen-bond acceptors (Lipinski definition) is 1. The number of nitrogens with two attached hydrogens (primary N) is 1. The number of hydrogen-bond donors (Lipinski definition) is 1. The van der Waals surface area contributed by atoms with Crippen molar-refractivity contribution in [2.45, 2.75) is 39.2 Å². The molecule has 1 aliphatic rings. The van der Waals surface area contributed by atoms with Crippen molar-refractivity contribution in [3.63, 3.8) is 0 Å². The van der Waals surface area contributed by atoms with Gasteiger partial charge in [-0.2, -0.15) is 0 Å². The van der Waals surface area contributed by atoms with E-state index in [-0.39, 0.29) is 0 Å². The van der Waals surface area contributed by atoms with Crippen LogP contribution in [0, 0.1) is 13.8 Å². The van der Waals surface area contributed by atoms with Crippen molar-refractivity contribution in [1.82, 2.24) is 0 Å². The van der Waals surface area contributed by atoms with Gasteiger partial charge in [-0.15, -0.1) is 0 Å². The molecule has 0 radical (unpaired) electrons. The topological polar surface area (TPSA) is 26.0 Å². The molecule has 2 N–H and O–H groups in total. The van der Waals surface area contributed by atoms with E-state index in [9.17, 15) is 0 Å². The first-order valence-corrected chi connectivity index (χ1v) is 5.69. The summed E-state index contributed by atoms with van der Waals surface area (Å²) in [5.74, 6) is 0. The van der Waals surface area contributed by atoms with Crippen LogP contribution < -0.4 is 5.73 Å². The molecule has 1 nitrogen and oxygen atoms in total. The summed E-state index contributed by atoms with van der Waals surface area (Å²) < 4.78 is 0. The Morgan fingerprint density at radius 1 is 1.27 bits per heavy atom. The van der Waals surface area contributed by atoms with Gasteiger partial charge in [0.15, 0.2) is 0 Å². The van der Waals surface area contributed by atoms with Crippen LogP contribution in [0.3, 0.4) is 0 Å². The predicted molar refractivity (Wildman–Crippen MR) is 65.7 cm³/mol. The minimum absolute atomic E-state index is 0.374. The Hall–Kier alpha value is -1.08. The predicted octanol–water partition coefficient (Wildman–Crippen LogP) is 3.20. The molecule has 1 heteroatoms. The molecule has 0 bridgehead atoms. The Bertz CT molecular complexity index is 390. The Kier molecular flexibility index (Phi) is 2.92. The van der Waals surface area contributed by atoms with Gasteiger partial charge in [0, 0.05) is 6.04 Å². The third-order valence-corrected chi connectivity index (χ3v) is 3.19. The first kappa shape index (κ1) is 10.4. The van der Waals surface area contributed by atoms with Crippen molar-refractivity contribution in [3.8, 4) is 0 Å². The second-order valence-corrected chi connectivity index (χ2v) is 4.58. The van der Waals surface area contributed by atoms with E-state index in [1.807, 2.05) is 0 Å². The first-order chi connectivity index (χ1) is 7.16. The monoisotopic (exact) mass is 201 g/mol. The zero-order valence-corrected chi connectivity index (χ0v) is 9.59. The fourth-order valence-corrected chi connectivity index (χ4v) is 2.18. The van der Waals surface area contributed by atoms with Gasteiger partial charge in [0.05, 0.1) is 0 Å². The summed E-state index contributed by atoms with van der Waals surface area (Å²) in [7, 11) is 0. The van der Waals surface area contributed by atoms with Crippen molar-refractivity contribution in [3.05, 3.63) is 41.0 Å². The maximum atomic E-state index is 5.90. The fraction of sp³-hybridized carbons (Fsp3) is 0.429. The average molecular weight is 201 g/mol. The molecule has 0 spiro atoms. The molecule has 1 aromatic rings. The minimum Gasteiger partial charge on any atom is -0.327 e. The summed E-state index contributed by atoms with van der Waals surface area (Å²) in [6.07, 6.45) is 5.60. The number of aryl methyl sites for hydroxylation is 2. The smallest absolute Gasteiger partial charge is 0.00767 e. The van der Waals surface area contributed by atoms with Gasteiger partial charge in [0.2, 0.25) is 0 Å². The molecular weight excluding hydrogens is 182 g/mol. The van der Waals surface area contributed by atoms with Gasteiger partial charge < -0.3 is 5.73 Å². The molecular formula is C14H19N. The molecule has 0 saturated heterocycles. The van der Waals surface area contributed by atoms with Crippen LogP contribution in [0.25, 0.3) is 5.57 Å². The van der Waals surface area contributed by atoms with Gasteiger partial charge in [-0.25, -0.2) is 0 Å². The molecule has 1 unspecified atom stereocenters. The Morgan fingerprint density at radius 3 is 2.73 bits per heavy atom. The van der Waals surface area contributed by atoms with Crippen LogP contribution in [-0.4, -0.2) is 6.04 Å². The largest absolute Gasteiger partial charge is 0.327 e. The van der Waals surface area contributed by atoms with E-state index >= 15 is 0 Å². The molecule has 1 aliphatic carbocycles. The number of benzene rings is 1. The van der Waals surface area contributed by atoms with Crippen LogP contribution in [0.5, 0.6) is 0 Å². The van der Waals surface area contributed by atoms with E-state index in [4.69, 9.17) is 5.73 Å². The van der Waals surface area contributed by atoms with Gasteiger partial charge in [-0.3, -0.25) is 0 Å². The molecule has 80 valence electrons. The van der Waals surface area contributed by atoms with E-state index in [0.717, 1.165) is 19.3 Å². The minimum atomic E-state index is 0.374. The van der Waals surface area contributed by atoms with Gasteiger partial charge in [-0.1, -0.05) is 29.8 Å². The van der Waals surface area contributed by atoms with Gasteiger partial charge >= 0.3 is 0 Å². The molecule has 0 amide bonds. The van der Waals surface area contributed by atoms with E-state index in [0.29, 0.717) is 6.04 Å². The van der Waals surface area contributed by atoms with Crippen LogP contribution in [0.1, 0.15) is 36.0 Å². The average Bonchev–Trinajstić information content (AvgIpc) is 2.23. The maximum absolute atomic E-state index is 5.90. The molecule has 0 heterocycles. The standard InChI is InChI=1S/C14H19N/c1-10-3-4-11(2)14(9-10)12-5-7-13(15)8-6-12/h3-5,9,13H,6-8,15H2,1-2H3. The molecule has 2 rings (SSSR count). The summed E-state index contributed by atoms with van der Waals surface area (Å²) in [4.78, 5) is 0. The number of allylic oxidation sites excluding steroid dienone is 1. The third-order valence-electron chi connectivity index (χ3n) is 3.19. The summed E-state index contributed by atoms with van der Waals surface area (Å²) in [6, 6.07) is 7.05. The van der Waals surface area contributed by atoms with Gasteiger partial charge in [0.1, 0.15) is 0 Å². The Morgan fingerprint density at radius 2 is 2.07 bits per heavy atom. The SMILES string of the molecule is Cc1ccc(C)c(C2=CCC(N)CC2)c1. The van der Waals surface area contributed by atoms with Crippen LogP contribution in [0.15, 0.2) is 24.3 Å². The molecule has 0 aliphatic heterocycles. The molecule has 0 saturated carbocycles. The van der Waals surface area contributed by atoms with Crippen molar-refractivity contribution < 1.29 is 0 Å². The quantitative estimate of drug-likeness (QED) is 0.742. The van der Waals surface area contributed by atoms with Crippen LogP contribution >= 0.6 is 0 Å². The van der Waals surface area contributed by atoms with Crippen LogP contribution in [0.2, 0.25) is 0 Å². The molecule has 0 aromatic heterocycles. The highest BCUT2D eigenvalue weighted by atomic mass is 14.6. The zero-order chi connectivity index (χ0) is 10.8. The highest BCUT2D eigenvalue weighted by Gasteiger charge is 2.13. The summed E-state index contributed by atoms with van der Waals surface area (Å²) in [5.41, 5.74) is 11.5. The zero-order valence-electron chi connectivity index (χ0n) is 9.59. The van der Waals surface area contributed by atoms with Crippen molar-refractivity contribution in [2.24, 2.45) is 5.73 Å². The van der Waals surface area contributed by atoms with Crippen molar-refractivity contribution in [1.29, 1.82) is 0 Å². The third kappa shape index (κ3) is 2.29. The summed E-state index contributed by atoms with van der Waals surface area (Å²) in [5, 5.41) is 0. The highest BCUT2D eigenvalue weighted by Crippen LogP contribution is 2.28. The lowest BCUT2D eigenvalue weighted by Gasteiger charge is -2.20. The van der Waals surface area contributed by atoms with Crippen molar-refractivity contribution in [2.75, 3.05) is 0 Å². The second kappa shape index (κ2) is 4.19. The normalized spacial score (nSPS) is 21.3. The lowest BCUT2D eigenvalue weighted by atomic mass is 9.88. The van der Waals surface area contributed by atoms with Crippen LogP contribution in [-0.2, 0) is 0 Å². The summed E-state index contributed by atoms with van der Waals surface area (Å²) >= 11 is 0.